The first-order chi connectivity index (χ1) is 28.0. The second-order valence-corrected chi connectivity index (χ2v) is 36.3. The zero-order valence-corrected chi connectivity index (χ0v) is 40.6. The summed E-state index contributed by atoms with van der Waals surface area (Å²) in [6.07, 6.45) is 6.79. The first-order valence-corrected chi connectivity index (χ1v) is 30.8. The summed E-state index contributed by atoms with van der Waals surface area (Å²) in [5.41, 5.74) is 15.3. The van der Waals surface area contributed by atoms with Gasteiger partial charge in [0, 0.05) is 0 Å². The maximum atomic E-state index is 2.71. The van der Waals surface area contributed by atoms with Crippen LogP contribution in [0.5, 0.6) is 0 Å². The van der Waals surface area contributed by atoms with Gasteiger partial charge in [-0.25, -0.2) is 0 Å². The minimum Gasteiger partial charge on any atom is -1.00 e. The number of allylic oxidation sites excluding steroid dienone is 2. The Morgan fingerprint density at radius 3 is 1.05 bits per heavy atom. The minimum absolute atomic E-state index is 0. The number of halogens is 2. The van der Waals surface area contributed by atoms with Gasteiger partial charge in [0.25, 0.3) is 0 Å². The van der Waals surface area contributed by atoms with Crippen molar-refractivity contribution in [2.24, 2.45) is 10.8 Å². The zero-order valence-electron chi connectivity index (χ0n) is 35.5. The van der Waals surface area contributed by atoms with E-state index in [0.29, 0.717) is 7.35 Å². The Kier molecular flexibility index (Phi) is 10.3. The molecule has 8 aromatic rings. The van der Waals surface area contributed by atoms with E-state index in [2.05, 4.69) is 199 Å². The molecule has 3 aliphatic rings. The van der Waals surface area contributed by atoms with Gasteiger partial charge in [0.1, 0.15) is 0 Å². The van der Waals surface area contributed by atoms with Crippen LogP contribution in [0, 0.1) is 10.8 Å². The van der Waals surface area contributed by atoms with Crippen molar-refractivity contribution in [3.05, 3.63) is 179 Å². The Balaban J connectivity index is 0.00000231. The molecule has 1 heterocycles. The first-order valence-electron chi connectivity index (χ1n) is 21.5. The molecule has 2 atom stereocenters. The smallest absolute Gasteiger partial charge is 1.00 e. The Hall–Kier alpha value is -4.27. The number of hydrogen-bond acceptors (Lipinski definition) is 0. The molecule has 2 aliphatic carbocycles. The number of rotatable bonds is 4. The molecule has 1 aliphatic heterocycles. The summed E-state index contributed by atoms with van der Waals surface area (Å²) in [6, 6.07) is 55.7. The summed E-state index contributed by atoms with van der Waals surface area (Å²) in [5.74, 6) is 0. The molecule has 298 valence electrons. The van der Waals surface area contributed by atoms with Gasteiger partial charge >= 0.3 is 351 Å². The standard InChI is InChI=1S/2C27H23.C3H6.2ClH.Hf/c2*1-27(2,3)21-16-20-11-8-14-24(25(20)17-21)26-22-12-6-4-9-18(22)15-19-10-5-7-13-23(19)26;1-3-2;;;/h2*4-17H,1-3H3;1-3H2;2*1H;/q;;;;;+2/p-2. The number of benzene rings is 8. The van der Waals surface area contributed by atoms with Crippen LogP contribution in [0.15, 0.2) is 157 Å². The molecule has 60 heavy (non-hydrogen) atoms. The van der Waals surface area contributed by atoms with E-state index in [1.54, 1.807) is 22.3 Å². The molecule has 0 nitrogen and oxygen atoms in total. The average Bonchev–Trinajstić information content (AvgIpc) is 3.80. The van der Waals surface area contributed by atoms with Gasteiger partial charge in [0.05, 0.1) is 0 Å². The van der Waals surface area contributed by atoms with E-state index >= 15 is 0 Å². The topological polar surface area (TPSA) is 0 Å². The Morgan fingerprint density at radius 2 is 0.750 bits per heavy atom. The van der Waals surface area contributed by atoms with E-state index in [1.165, 1.54) is 91.2 Å². The van der Waals surface area contributed by atoms with Crippen LogP contribution in [0.1, 0.15) is 77.6 Å². The van der Waals surface area contributed by atoms with E-state index in [0.717, 1.165) is 0 Å². The van der Waals surface area contributed by atoms with Crippen molar-refractivity contribution in [3.63, 3.8) is 0 Å². The maximum absolute atomic E-state index is 3.44. The monoisotopic (exact) mass is 986 g/mol. The molecule has 0 spiro atoms. The SMILES string of the molecule is CC(C)(C)C1=Cc2c(-c3c4ccccc4cc4ccccc34)cccc2[CH]1[Hf+2]1([CH]2C(C(C)(C)C)=Cc3c(-c4c5ccccc5cc5ccccc45)cccc32)[CH2]C[CH2]1.[Cl-].[Cl-]. The van der Waals surface area contributed by atoms with Crippen LogP contribution in [0.2, 0.25) is 8.35 Å². The van der Waals surface area contributed by atoms with E-state index in [1.807, 2.05) is 0 Å². The molecule has 0 aromatic heterocycles. The van der Waals surface area contributed by atoms with Crippen LogP contribution in [0.25, 0.3) is 77.5 Å². The molecule has 11 rings (SSSR count). The van der Waals surface area contributed by atoms with Crippen molar-refractivity contribution in [1.82, 2.24) is 0 Å². The molecular weight excluding hydrogens is 934 g/mol. The number of fused-ring (bicyclic) bond motifs is 6. The second-order valence-electron chi connectivity index (χ2n) is 19.7. The van der Waals surface area contributed by atoms with Crippen molar-refractivity contribution >= 4 is 55.2 Å². The molecular formula is C57H52Cl2Hf. The number of hydrogen-bond donors (Lipinski definition) is 0. The normalized spacial score (nSPS) is 17.5. The third-order valence-corrected chi connectivity index (χ3v) is 36.3. The van der Waals surface area contributed by atoms with Crippen molar-refractivity contribution in [2.75, 3.05) is 0 Å². The maximum Gasteiger partial charge on any atom is -1.00 e. The quantitative estimate of drug-likeness (QED) is 0.122. The second kappa shape index (κ2) is 15.0. The summed E-state index contributed by atoms with van der Waals surface area (Å²) in [5, 5.41) is 10.7. The summed E-state index contributed by atoms with van der Waals surface area (Å²) in [7, 11) is 0. The van der Waals surface area contributed by atoms with Gasteiger partial charge < -0.3 is 24.8 Å². The summed E-state index contributed by atoms with van der Waals surface area (Å²) in [4.78, 5) is 0. The van der Waals surface area contributed by atoms with Gasteiger partial charge in [-0.2, -0.15) is 0 Å². The fourth-order valence-electron chi connectivity index (χ4n) is 11.7. The van der Waals surface area contributed by atoms with E-state index in [4.69, 9.17) is 0 Å². The van der Waals surface area contributed by atoms with Gasteiger partial charge in [0.2, 0.25) is 0 Å². The Morgan fingerprint density at radius 1 is 0.417 bits per heavy atom. The Bertz CT molecular complexity index is 2760. The van der Waals surface area contributed by atoms with Crippen molar-refractivity contribution < 1.29 is 44.8 Å². The van der Waals surface area contributed by atoms with Crippen LogP contribution in [-0.2, 0) is 20.0 Å². The van der Waals surface area contributed by atoms with Crippen LogP contribution >= 0.6 is 0 Å². The van der Waals surface area contributed by atoms with Gasteiger partial charge in [-0.1, -0.05) is 0 Å². The fraction of sp³-hybridized carbons (Fsp3) is 0.228. The first kappa shape index (κ1) is 41.1. The largest absolute Gasteiger partial charge is 1.00 e. The molecule has 8 aromatic carbocycles. The van der Waals surface area contributed by atoms with Gasteiger partial charge in [0.15, 0.2) is 0 Å². The van der Waals surface area contributed by atoms with Crippen molar-refractivity contribution in [2.45, 2.75) is 63.7 Å². The van der Waals surface area contributed by atoms with Crippen molar-refractivity contribution in [3.8, 4) is 22.3 Å². The van der Waals surface area contributed by atoms with Crippen LogP contribution in [-0.4, -0.2) is 0 Å². The van der Waals surface area contributed by atoms with Gasteiger partial charge in [-0.05, 0) is 0 Å². The molecule has 0 N–H and O–H groups in total. The molecule has 3 heteroatoms. The third kappa shape index (κ3) is 6.16. The molecule has 2 unspecified atom stereocenters. The van der Waals surface area contributed by atoms with Crippen LogP contribution in [0.4, 0.5) is 0 Å². The minimum atomic E-state index is -3.44. The van der Waals surface area contributed by atoms with Gasteiger partial charge in [-0.15, -0.1) is 0 Å². The molecule has 0 amide bonds. The third-order valence-electron chi connectivity index (χ3n) is 14.4. The predicted octanol–water partition coefficient (Wildman–Crippen LogP) is 10.7. The molecule has 0 saturated carbocycles. The van der Waals surface area contributed by atoms with Crippen LogP contribution in [0.3, 0.4) is 0 Å². The van der Waals surface area contributed by atoms with E-state index in [-0.39, 0.29) is 35.6 Å². The molecule has 0 radical (unpaired) electrons. The van der Waals surface area contributed by atoms with Crippen LogP contribution < -0.4 is 24.8 Å². The molecule has 1 saturated heterocycles. The summed E-state index contributed by atoms with van der Waals surface area (Å²) < 4.78 is 3.98. The van der Waals surface area contributed by atoms with Gasteiger partial charge in [-0.3, -0.25) is 0 Å². The summed E-state index contributed by atoms with van der Waals surface area (Å²) >= 11 is -3.44. The molecule has 1 fully saturated rings. The van der Waals surface area contributed by atoms with Crippen molar-refractivity contribution in [1.29, 1.82) is 0 Å². The van der Waals surface area contributed by atoms with E-state index < -0.39 is 20.0 Å². The molecule has 0 bridgehead atoms. The summed E-state index contributed by atoms with van der Waals surface area (Å²) in [6.45, 7) is 15.0. The average molecular weight is 986 g/mol. The van der Waals surface area contributed by atoms with E-state index in [9.17, 15) is 0 Å². The predicted molar refractivity (Wildman–Crippen MR) is 248 cm³/mol. The zero-order chi connectivity index (χ0) is 39.6. The Labute approximate surface area is 373 Å². The fourth-order valence-corrected chi connectivity index (χ4v) is 35.7.